The number of aliphatic carboxylic acids is 1. The second-order valence-electron chi connectivity index (χ2n) is 5.40. The molecule has 0 aliphatic carbocycles. The number of aryl methyl sites for hydroxylation is 1. The van der Waals surface area contributed by atoms with Gasteiger partial charge in [0, 0.05) is 10.8 Å². The van der Waals surface area contributed by atoms with E-state index >= 15 is 0 Å². The highest BCUT2D eigenvalue weighted by molar-refractivity contribution is 7.16. The van der Waals surface area contributed by atoms with Gasteiger partial charge in [-0.25, -0.2) is 4.79 Å². The Kier molecular flexibility index (Phi) is 6.55. The molecule has 1 aromatic heterocycles. The van der Waals surface area contributed by atoms with Crippen molar-refractivity contribution < 1.29 is 19.5 Å². The molecule has 7 heteroatoms. The summed E-state index contributed by atoms with van der Waals surface area (Å²) in [7, 11) is 0. The van der Waals surface area contributed by atoms with Crippen LogP contribution in [0.5, 0.6) is 0 Å². The third-order valence-electron chi connectivity index (χ3n) is 3.04. The van der Waals surface area contributed by atoms with Crippen molar-refractivity contribution in [2.45, 2.75) is 46.6 Å². The van der Waals surface area contributed by atoms with E-state index in [-0.39, 0.29) is 11.8 Å². The van der Waals surface area contributed by atoms with Crippen LogP contribution in [0.25, 0.3) is 0 Å². The molecule has 2 amide bonds. The smallest absolute Gasteiger partial charge is 0.326 e. The van der Waals surface area contributed by atoms with Gasteiger partial charge in [0.15, 0.2) is 0 Å². The maximum atomic E-state index is 12.3. The molecule has 0 fully saturated rings. The van der Waals surface area contributed by atoms with E-state index in [9.17, 15) is 14.4 Å². The number of anilines is 1. The molecule has 1 heterocycles. The van der Waals surface area contributed by atoms with E-state index < -0.39 is 17.9 Å². The molecule has 0 aromatic carbocycles. The Morgan fingerprint density at radius 1 is 1.32 bits per heavy atom. The molecule has 0 bridgehead atoms. The van der Waals surface area contributed by atoms with Gasteiger partial charge < -0.3 is 15.7 Å². The van der Waals surface area contributed by atoms with Gasteiger partial charge >= 0.3 is 5.97 Å². The molecule has 0 saturated heterocycles. The monoisotopic (exact) mass is 326 g/mol. The van der Waals surface area contributed by atoms with Gasteiger partial charge in [-0.3, -0.25) is 9.59 Å². The third kappa shape index (κ3) is 4.84. The Morgan fingerprint density at radius 2 is 1.95 bits per heavy atom. The number of carbonyl (C=O) groups is 3. The lowest BCUT2D eigenvalue weighted by atomic mass is 10.1. The third-order valence-corrected chi connectivity index (χ3v) is 4.01. The second-order valence-corrected chi connectivity index (χ2v) is 6.65. The number of thiophene rings is 1. The quantitative estimate of drug-likeness (QED) is 0.718. The van der Waals surface area contributed by atoms with Gasteiger partial charge in [0.1, 0.15) is 11.0 Å². The van der Waals surface area contributed by atoms with Gasteiger partial charge in [-0.05, 0) is 19.4 Å². The summed E-state index contributed by atoms with van der Waals surface area (Å²) in [6.07, 6.45) is 1.01. The molecular formula is C15H22N2O4S. The fourth-order valence-electron chi connectivity index (χ4n) is 1.81. The van der Waals surface area contributed by atoms with Gasteiger partial charge in [0.25, 0.3) is 5.91 Å². The fraction of sp³-hybridized carbons (Fsp3) is 0.533. The predicted octanol–water partition coefficient (Wildman–Crippen LogP) is 2.63. The predicted molar refractivity (Wildman–Crippen MR) is 86.3 cm³/mol. The summed E-state index contributed by atoms with van der Waals surface area (Å²) in [6, 6.07) is 0.729. The molecule has 0 spiro atoms. The minimum absolute atomic E-state index is 0.181. The maximum Gasteiger partial charge on any atom is 0.326 e. The molecule has 22 heavy (non-hydrogen) atoms. The van der Waals surface area contributed by atoms with Crippen LogP contribution in [0.15, 0.2) is 6.07 Å². The molecular weight excluding hydrogens is 304 g/mol. The fourth-order valence-corrected chi connectivity index (χ4v) is 2.73. The Balaban J connectivity index is 2.93. The lowest BCUT2D eigenvalue weighted by Crippen LogP contribution is -2.40. The molecule has 6 nitrogen and oxygen atoms in total. The van der Waals surface area contributed by atoms with Crippen molar-refractivity contribution in [2.75, 3.05) is 5.32 Å². The van der Waals surface area contributed by atoms with Crippen LogP contribution in [0.4, 0.5) is 5.00 Å². The highest BCUT2D eigenvalue weighted by atomic mass is 32.1. The van der Waals surface area contributed by atoms with Crippen LogP contribution in [-0.2, 0) is 9.59 Å². The summed E-state index contributed by atoms with van der Waals surface area (Å²) in [5.74, 6) is -1.93. The van der Waals surface area contributed by atoms with E-state index in [1.54, 1.807) is 19.9 Å². The highest BCUT2D eigenvalue weighted by Gasteiger charge is 2.23. The first-order valence-corrected chi connectivity index (χ1v) is 8.02. The molecule has 0 saturated carbocycles. The summed E-state index contributed by atoms with van der Waals surface area (Å²) >= 11 is 1.30. The normalized spacial score (nSPS) is 12.0. The summed E-state index contributed by atoms with van der Waals surface area (Å²) in [5.41, 5.74) is 0.304. The van der Waals surface area contributed by atoms with Gasteiger partial charge in [-0.15, -0.1) is 11.3 Å². The topological polar surface area (TPSA) is 95.5 Å². The lowest BCUT2D eigenvalue weighted by Gasteiger charge is -2.14. The number of nitrogens with one attached hydrogen (secondary N) is 2. The van der Waals surface area contributed by atoms with Crippen molar-refractivity contribution in [1.29, 1.82) is 0 Å². The Hall–Kier alpha value is -1.89. The molecule has 1 atom stereocenters. The van der Waals surface area contributed by atoms with Crippen molar-refractivity contribution >= 4 is 34.1 Å². The van der Waals surface area contributed by atoms with Crippen molar-refractivity contribution in [2.24, 2.45) is 5.92 Å². The second kappa shape index (κ2) is 7.93. The summed E-state index contributed by atoms with van der Waals surface area (Å²) in [4.78, 5) is 36.1. The number of carbonyl (C=O) groups excluding carboxylic acids is 2. The number of rotatable bonds is 7. The highest BCUT2D eigenvalue weighted by Crippen LogP contribution is 2.28. The first-order valence-electron chi connectivity index (χ1n) is 7.21. The van der Waals surface area contributed by atoms with Crippen LogP contribution in [0.1, 0.15) is 48.8 Å². The molecule has 1 aromatic rings. The standard InChI is InChI=1S/C15H22N2O4S/c1-5-6-11(15(20)21)16-13(19)10-7-9(4)22-14(10)17-12(18)8(2)3/h7-8,11H,5-6H2,1-4H3,(H,16,19)(H,17,18)(H,20,21). The number of amides is 2. The zero-order valence-corrected chi connectivity index (χ0v) is 14.0. The van der Waals surface area contributed by atoms with E-state index in [1.807, 2.05) is 13.8 Å². The summed E-state index contributed by atoms with van der Waals surface area (Å²) in [5, 5.41) is 14.8. The first kappa shape index (κ1) is 18.2. The van der Waals surface area contributed by atoms with Gasteiger partial charge in [-0.2, -0.15) is 0 Å². The lowest BCUT2D eigenvalue weighted by molar-refractivity contribution is -0.139. The van der Waals surface area contributed by atoms with Gasteiger partial charge in [0.05, 0.1) is 5.56 Å². The van der Waals surface area contributed by atoms with Crippen LogP contribution in [0, 0.1) is 12.8 Å². The molecule has 0 aliphatic heterocycles. The van der Waals surface area contributed by atoms with E-state index in [1.165, 1.54) is 11.3 Å². The van der Waals surface area contributed by atoms with Crippen LogP contribution in [0.2, 0.25) is 0 Å². The Labute approximate surface area is 133 Å². The molecule has 0 radical (unpaired) electrons. The van der Waals surface area contributed by atoms with Crippen molar-refractivity contribution in [3.63, 3.8) is 0 Å². The molecule has 1 unspecified atom stereocenters. The minimum atomic E-state index is -1.06. The van der Waals surface area contributed by atoms with Crippen molar-refractivity contribution in [3.05, 3.63) is 16.5 Å². The minimum Gasteiger partial charge on any atom is -0.480 e. The molecule has 0 aliphatic rings. The van der Waals surface area contributed by atoms with Gasteiger partial charge in [0.2, 0.25) is 5.91 Å². The Morgan fingerprint density at radius 3 is 2.45 bits per heavy atom. The average molecular weight is 326 g/mol. The van der Waals surface area contributed by atoms with Crippen molar-refractivity contribution in [3.8, 4) is 0 Å². The summed E-state index contributed by atoms with van der Waals surface area (Å²) < 4.78 is 0. The van der Waals surface area contributed by atoms with Crippen LogP contribution in [0.3, 0.4) is 0 Å². The van der Waals surface area contributed by atoms with Crippen molar-refractivity contribution in [1.82, 2.24) is 5.32 Å². The zero-order valence-electron chi connectivity index (χ0n) is 13.2. The van der Waals surface area contributed by atoms with Gasteiger partial charge in [-0.1, -0.05) is 27.2 Å². The average Bonchev–Trinajstić information content (AvgIpc) is 2.78. The number of carboxylic acids is 1. The SMILES string of the molecule is CCCC(NC(=O)c1cc(C)sc1NC(=O)C(C)C)C(=O)O. The number of hydrogen-bond donors (Lipinski definition) is 3. The first-order chi connectivity index (χ1) is 10.3. The van der Waals surface area contributed by atoms with E-state index in [2.05, 4.69) is 10.6 Å². The number of carboxylic acid groups (broad SMARTS) is 1. The number of hydrogen-bond acceptors (Lipinski definition) is 4. The molecule has 3 N–H and O–H groups in total. The van der Waals surface area contributed by atoms with E-state index in [0.717, 1.165) is 4.88 Å². The van der Waals surface area contributed by atoms with Crippen LogP contribution >= 0.6 is 11.3 Å². The largest absolute Gasteiger partial charge is 0.480 e. The zero-order chi connectivity index (χ0) is 16.9. The van der Waals surface area contributed by atoms with E-state index in [0.29, 0.717) is 23.4 Å². The summed E-state index contributed by atoms with van der Waals surface area (Å²) in [6.45, 7) is 7.20. The van der Waals surface area contributed by atoms with Crippen LogP contribution in [-0.4, -0.2) is 28.9 Å². The molecule has 122 valence electrons. The Bertz CT molecular complexity index is 566. The maximum absolute atomic E-state index is 12.3. The van der Waals surface area contributed by atoms with Crippen LogP contribution < -0.4 is 10.6 Å². The molecule has 1 rings (SSSR count). The van der Waals surface area contributed by atoms with E-state index in [4.69, 9.17) is 5.11 Å².